The van der Waals surface area contributed by atoms with Crippen LogP contribution in [0.25, 0.3) is 0 Å². The first kappa shape index (κ1) is 13.4. The minimum Gasteiger partial charge on any atom is -0.240 e. The van der Waals surface area contributed by atoms with Crippen LogP contribution in [0.1, 0.15) is 27.0 Å². The third-order valence-electron chi connectivity index (χ3n) is 3.48. The lowest BCUT2D eigenvalue weighted by Gasteiger charge is -2.07. The van der Waals surface area contributed by atoms with Gasteiger partial charge in [0, 0.05) is 9.35 Å². The van der Waals surface area contributed by atoms with E-state index in [1.54, 1.807) is 0 Å². The average molecular weight is 287 g/mol. The number of benzene rings is 2. The largest absolute Gasteiger partial charge is 0.471 e. The fourth-order valence-corrected chi connectivity index (χ4v) is 4.61. The summed E-state index contributed by atoms with van der Waals surface area (Å²) in [6.45, 7) is 5.94. The summed E-state index contributed by atoms with van der Waals surface area (Å²) in [4.78, 5) is 12.9. The highest BCUT2D eigenvalue weighted by Gasteiger charge is 2.73. The summed E-state index contributed by atoms with van der Waals surface area (Å²) in [6.07, 6.45) is 0. The molecule has 0 unspecified atom stereocenters. The summed E-state index contributed by atoms with van der Waals surface area (Å²) in [5, 5.41) is 0.837. The minimum absolute atomic E-state index is 0.0290. The van der Waals surface area contributed by atoms with Gasteiger partial charge in [-0.25, -0.2) is 4.79 Å². The topological polar surface area (TPSA) is 42.1 Å². The highest BCUT2D eigenvalue weighted by molar-refractivity contribution is 7.93. The van der Waals surface area contributed by atoms with Crippen molar-refractivity contribution in [3.63, 3.8) is 0 Å². The first-order chi connectivity index (χ1) is 9.54. The summed E-state index contributed by atoms with van der Waals surface area (Å²) >= 11 is 0. The third kappa shape index (κ3) is 2.08. The van der Waals surface area contributed by atoms with Gasteiger partial charge >= 0.3 is 13.2 Å². The van der Waals surface area contributed by atoms with Gasteiger partial charge in [0.2, 0.25) is 0 Å². The molecule has 1 fully saturated rings. The Kier molecular flexibility index (Phi) is 3.21. The van der Waals surface area contributed by atoms with E-state index in [0.717, 1.165) is 27.6 Å². The van der Waals surface area contributed by atoms with Crippen LogP contribution in [0, 0.1) is 20.8 Å². The molecule has 4 heteroatoms. The van der Waals surface area contributed by atoms with Crippen LogP contribution in [0.2, 0.25) is 0 Å². The van der Waals surface area contributed by atoms with E-state index in [1.165, 1.54) is 0 Å². The summed E-state index contributed by atoms with van der Waals surface area (Å²) < 4.78 is 10.4. The van der Waals surface area contributed by atoms with Crippen LogP contribution in [-0.4, -0.2) is 5.52 Å². The number of carbonyl (C=O) groups is 1. The molecule has 0 radical (unpaired) electrons. The number of hydrogen-bond acceptors (Lipinski definition) is 3. The first-order valence-electron chi connectivity index (χ1n) is 6.50. The highest BCUT2D eigenvalue weighted by atomic mass is 31.2. The Bertz CT molecular complexity index is 652. The van der Waals surface area contributed by atoms with Gasteiger partial charge in [0.25, 0.3) is 0 Å². The molecule has 0 atom stereocenters. The summed E-state index contributed by atoms with van der Waals surface area (Å²) in [5.41, 5.74) is 3.80. The molecular formula is C16H16O3P+. The van der Waals surface area contributed by atoms with Crippen LogP contribution in [0.4, 0.5) is 0 Å². The van der Waals surface area contributed by atoms with Crippen molar-refractivity contribution in [3.05, 3.63) is 64.7 Å². The molecule has 2 aromatic rings. The molecule has 20 heavy (non-hydrogen) atoms. The lowest BCUT2D eigenvalue weighted by atomic mass is 10.0. The number of rotatable bonds is 3. The van der Waals surface area contributed by atoms with Gasteiger partial charge in [-0.2, -0.15) is 0 Å². The molecule has 0 aliphatic carbocycles. The van der Waals surface area contributed by atoms with E-state index in [9.17, 15) is 4.79 Å². The third-order valence-corrected chi connectivity index (χ3v) is 5.66. The molecule has 102 valence electrons. The van der Waals surface area contributed by atoms with Crippen LogP contribution in [-0.2, 0) is 9.35 Å². The van der Waals surface area contributed by atoms with Crippen LogP contribution >= 0.6 is 7.72 Å². The maximum absolute atomic E-state index is 12.9. The van der Waals surface area contributed by atoms with Crippen LogP contribution in [0.15, 0.2) is 42.5 Å². The molecule has 1 aliphatic heterocycles. The quantitative estimate of drug-likeness (QED) is 0.488. The van der Waals surface area contributed by atoms with Gasteiger partial charge < -0.3 is 0 Å². The smallest absolute Gasteiger partial charge is 0.240 e. The first-order valence-corrected chi connectivity index (χ1v) is 8.12. The van der Waals surface area contributed by atoms with Gasteiger partial charge in [-0.3, -0.25) is 0 Å². The number of carbonyl (C=O) groups excluding carboxylic acids is 1. The minimum atomic E-state index is -2.57. The summed E-state index contributed by atoms with van der Waals surface area (Å²) in [6, 6.07) is 13.5. The zero-order chi connectivity index (χ0) is 14.3. The zero-order valence-corrected chi connectivity index (χ0v) is 12.6. The van der Waals surface area contributed by atoms with Gasteiger partial charge in [-0.1, -0.05) is 35.9 Å². The van der Waals surface area contributed by atoms with Crippen LogP contribution < -0.4 is 5.30 Å². The van der Waals surface area contributed by atoms with E-state index < -0.39 is 7.72 Å². The van der Waals surface area contributed by atoms with Gasteiger partial charge in [-0.15, -0.1) is 0 Å². The van der Waals surface area contributed by atoms with E-state index in [4.69, 9.17) is 9.35 Å². The molecule has 0 aromatic heterocycles. The Labute approximate surface area is 119 Å². The molecule has 3 nitrogen and oxygen atoms in total. The Balaban J connectivity index is 2.07. The second-order valence-corrected chi connectivity index (χ2v) is 7.44. The Morgan fingerprint density at radius 2 is 1.50 bits per heavy atom. The molecule has 1 saturated heterocycles. The SMILES string of the molecule is Cc1cc(C)c(C(=O)[P+]2(c3ccccc3)OO2)c(C)c1. The van der Waals surface area contributed by atoms with Crippen molar-refractivity contribution in [2.24, 2.45) is 0 Å². The van der Waals surface area contributed by atoms with Crippen molar-refractivity contribution >= 4 is 18.5 Å². The van der Waals surface area contributed by atoms with Crippen molar-refractivity contribution in [2.45, 2.75) is 20.8 Å². The summed E-state index contributed by atoms with van der Waals surface area (Å²) in [7, 11) is -2.57. The molecule has 0 spiro atoms. The van der Waals surface area contributed by atoms with E-state index >= 15 is 0 Å². The predicted octanol–water partition coefficient (Wildman–Crippen LogP) is 3.89. The summed E-state index contributed by atoms with van der Waals surface area (Å²) in [5.74, 6) is 0. The normalized spacial score (nSPS) is 15.9. The monoisotopic (exact) mass is 287 g/mol. The van der Waals surface area contributed by atoms with E-state index in [-0.39, 0.29) is 5.52 Å². The van der Waals surface area contributed by atoms with Gasteiger partial charge in [0.1, 0.15) is 0 Å². The molecule has 1 aliphatic rings. The van der Waals surface area contributed by atoms with Gasteiger partial charge in [-0.05, 0) is 44.0 Å². The second-order valence-electron chi connectivity index (χ2n) is 5.11. The molecule has 1 heterocycles. The maximum Gasteiger partial charge on any atom is 0.471 e. The Morgan fingerprint density at radius 3 is 2.00 bits per heavy atom. The second kappa shape index (κ2) is 4.78. The highest BCUT2D eigenvalue weighted by Crippen LogP contribution is 2.76. The Morgan fingerprint density at radius 1 is 0.950 bits per heavy atom. The van der Waals surface area contributed by atoms with E-state index in [2.05, 4.69) is 0 Å². The number of hydrogen-bond donors (Lipinski definition) is 0. The molecule has 3 rings (SSSR count). The predicted molar refractivity (Wildman–Crippen MR) is 80.1 cm³/mol. The standard InChI is InChI=1S/C16H16O3P/c1-11-9-12(2)15(13(3)10-11)16(17)20(18-19-20)14-7-5-4-6-8-14/h4-10H,1-3H3/q+1. The molecule has 0 bridgehead atoms. The van der Waals surface area contributed by atoms with Gasteiger partial charge in [0.15, 0.2) is 5.30 Å². The average Bonchev–Trinajstić information content (AvgIpc) is 3.20. The van der Waals surface area contributed by atoms with Crippen molar-refractivity contribution < 1.29 is 14.1 Å². The maximum atomic E-state index is 12.9. The lowest BCUT2D eigenvalue weighted by Crippen LogP contribution is -2.12. The number of aryl methyl sites for hydroxylation is 3. The lowest BCUT2D eigenvalue weighted by molar-refractivity contribution is 0.0850. The van der Waals surface area contributed by atoms with Gasteiger partial charge in [0.05, 0.1) is 5.56 Å². The van der Waals surface area contributed by atoms with E-state index in [1.807, 2.05) is 63.2 Å². The fraction of sp³-hybridized carbons (Fsp3) is 0.188. The van der Waals surface area contributed by atoms with Crippen molar-refractivity contribution in [1.29, 1.82) is 0 Å². The molecular weight excluding hydrogens is 271 g/mol. The van der Waals surface area contributed by atoms with Crippen LogP contribution in [0.3, 0.4) is 0 Å². The zero-order valence-electron chi connectivity index (χ0n) is 11.7. The Hall–Kier alpha value is -1.54. The van der Waals surface area contributed by atoms with Crippen molar-refractivity contribution in [1.82, 2.24) is 0 Å². The van der Waals surface area contributed by atoms with E-state index in [0.29, 0.717) is 0 Å². The fourth-order valence-electron chi connectivity index (χ4n) is 2.59. The van der Waals surface area contributed by atoms with Crippen molar-refractivity contribution in [2.75, 3.05) is 0 Å². The molecule has 0 N–H and O–H groups in total. The molecule has 2 aromatic carbocycles. The molecule has 0 saturated carbocycles. The molecule has 0 amide bonds. The van der Waals surface area contributed by atoms with Crippen molar-refractivity contribution in [3.8, 4) is 0 Å². The van der Waals surface area contributed by atoms with Crippen LogP contribution in [0.5, 0.6) is 0 Å².